The van der Waals surface area contributed by atoms with Crippen molar-refractivity contribution in [3.05, 3.63) is 101 Å². The van der Waals surface area contributed by atoms with E-state index in [-0.39, 0.29) is 23.9 Å². The van der Waals surface area contributed by atoms with E-state index in [0.29, 0.717) is 16.7 Å². The van der Waals surface area contributed by atoms with Gasteiger partial charge in [-0.2, -0.15) is 0 Å². The van der Waals surface area contributed by atoms with Gasteiger partial charge in [0.2, 0.25) is 0 Å². The van der Waals surface area contributed by atoms with Crippen LogP contribution in [0.4, 0.5) is 4.39 Å². The van der Waals surface area contributed by atoms with Gasteiger partial charge in [-0.25, -0.2) is 4.39 Å². The molecular formula is C31H34FN3O2. The van der Waals surface area contributed by atoms with Gasteiger partial charge in [0.05, 0.1) is 23.9 Å². The van der Waals surface area contributed by atoms with Gasteiger partial charge in [0, 0.05) is 24.7 Å². The predicted molar refractivity (Wildman–Crippen MR) is 144 cm³/mol. The van der Waals surface area contributed by atoms with Gasteiger partial charge in [0.25, 0.3) is 5.91 Å². The van der Waals surface area contributed by atoms with E-state index >= 15 is 0 Å². The van der Waals surface area contributed by atoms with Crippen LogP contribution in [0.2, 0.25) is 0 Å². The fraction of sp³-hybridized carbons (Fsp3) is 0.355. The minimum absolute atomic E-state index is 0.00727. The van der Waals surface area contributed by atoms with Crippen molar-refractivity contribution in [1.82, 2.24) is 15.2 Å². The molecular weight excluding hydrogens is 465 g/mol. The SMILES string of the molecule is CC(C)Oc1cncc(C(=O)N[C@H](C)c2ccc(C(=C3CC4(C3)CN(C)C4)c3ccc(F)cc3)cc2)c1. The Kier molecular flexibility index (Phi) is 6.86. The third kappa shape index (κ3) is 5.44. The monoisotopic (exact) mass is 499 g/mol. The van der Waals surface area contributed by atoms with Crippen molar-refractivity contribution in [1.29, 1.82) is 0 Å². The third-order valence-corrected chi connectivity index (χ3v) is 7.27. The average Bonchev–Trinajstić information content (AvgIpc) is 2.83. The highest BCUT2D eigenvalue weighted by Crippen LogP contribution is 2.54. The van der Waals surface area contributed by atoms with Crippen LogP contribution in [0.1, 0.15) is 66.7 Å². The van der Waals surface area contributed by atoms with Gasteiger partial charge in [0.1, 0.15) is 11.6 Å². The van der Waals surface area contributed by atoms with Gasteiger partial charge in [-0.3, -0.25) is 9.78 Å². The molecule has 37 heavy (non-hydrogen) atoms. The second-order valence-electron chi connectivity index (χ2n) is 10.9. The lowest BCUT2D eigenvalue weighted by Gasteiger charge is -2.56. The van der Waals surface area contributed by atoms with Crippen LogP contribution in [0.5, 0.6) is 5.75 Å². The molecule has 3 aromatic rings. The molecule has 1 saturated heterocycles. The summed E-state index contributed by atoms with van der Waals surface area (Å²) in [7, 11) is 2.17. The molecule has 1 N–H and O–H groups in total. The zero-order valence-electron chi connectivity index (χ0n) is 21.9. The van der Waals surface area contributed by atoms with Crippen molar-refractivity contribution in [2.75, 3.05) is 20.1 Å². The Morgan fingerprint density at radius 2 is 1.59 bits per heavy atom. The fourth-order valence-corrected chi connectivity index (χ4v) is 5.73. The largest absolute Gasteiger partial charge is 0.489 e. The number of carbonyl (C=O) groups excluding carboxylic acids is 1. The number of benzene rings is 2. The van der Waals surface area contributed by atoms with E-state index in [1.54, 1.807) is 18.5 Å². The maximum Gasteiger partial charge on any atom is 0.253 e. The van der Waals surface area contributed by atoms with Crippen LogP contribution < -0.4 is 10.1 Å². The highest BCUT2D eigenvalue weighted by molar-refractivity contribution is 5.94. The molecule has 2 fully saturated rings. The lowest BCUT2D eigenvalue weighted by Crippen LogP contribution is -2.58. The second kappa shape index (κ2) is 10.1. The molecule has 1 spiro atoms. The van der Waals surface area contributed by atoms with Gasteiger partial charge < -0.3 is 15.0 Å². The molecule has 6 heteroatoms. The molecule has 1 saturated carbocycles. The summed E-state index contributed by atoms with van der Waals surface area (Å²) in [5.41, 5.74) is 6.69. The van der Waals surface area contributed by atoms with Gasteiger partial charge in [-0.15, -0.1) is 0 Å². The molecule has 1 aromatic heterocycles. The van der Waals surface area contributed by atoms with Crippen LogP contribution in [-0.2, 0) is 0 Å². The number of rotatable bonds is 7. The Morgan fingerprint density at radius 1 is 0.973 bits per heavy atom. The number of pyridine rings is 1. The van der Waals surface area contributed by atoms with E-state index in [1.807, 2.05) is 32.9 Å². The maximum atomic E-state index is 13.7. The van der Waals surface area contributed by atoms with Crippen molar-refractivity contribution in [3.8, 4) is 5.75 Å². The van der Waals surface area contributed by atoms with Crippen LogP contribution in [0.15, 0.2) is 72.6 Å². The molecule has 1 amide bonds. The molecule has 1 aliphatic carbocycles. The summed E-state index contributed by atoms with van der Waals surface area (Å²) in [6, 6.07) is 16.7. The number of allylic oxidation sites excluding steroid dienone is 1. The predicted octanol–water partition coefficient (Wildman–Crippen LogP) is 6.03. The van der Waals surface area contributed by atoms with Gasteiger partial charge in [0.15, 0.2) is 0 Å². The van der Waals surface area contributed by atoms with Crippen LogP contribution in [0.3, 0.4) is 0 Å². The van der Waals surface area contributed by atoms with E-state index in [2.05, 4.69) is 46.5 Å². The molecule has 0 radical (unpaired) electrons. The fourth-order valence-electron chi connectivity index (χ4n) is 5.73. The Morgan fingerprint density at radius 3 is 2.19 bits per heavy atom. The zero-order chi connectivity index (χ0) is 26.2. The van der Waals surface area contributed by atoms with E-state index in [1.165, 1.54) is 23.3 Å². The Hall–Kier alpha value is -3.51. The number of nitrogens with one attached hydrogen (secondary N) is 1. The molecule has 1 aliphatic heterocycles. The van der Waals surface area contributed by atoms with Gasteiger partial charge >= 0.3 is 0 Å². The first-order chi connectivity index (χ1) is 17.7. The highest BCUT2D eigenvalue weighted by atomic mass is 19.1. The average molecular weight is 500 g/mol. The number of ether oxygens (including phenoxy) is 1. The smallest absolute Gasteiger partial charge is 0.253 e. The number of amides is 1. The van der Waals surface area contributed by atoms with Gasteiger partial charge in [-0.1, -0.05) is 42.0 Å². The number of nitrogens with zero attached hydrogens (tertiary/aromatic N) is 2. The zero-order valence-corrected chi connectivity index (χ0v) is 21.9. The van der Waals surface area contributed by atoms with E-state index < -0.39 is 0 Å². The number of carbonyl (C=O) groups is 1. The Bertz CT molecular complexity index is 1300. The minimum atomic E-state index is -0.227. The second-order valence-corrected chi connectivity index (χ2v) is 10.9. The summed E-state index contributed by atoms with van der Waals surface area (Å²) in [5, 5.41) is 3.06. The van der Waals surface area contributed by atoms with Crippen LogP contribution >= 0.6 is 0 Å². The number of aromatic nitrogens is 1. The standard InChI is InChI=1S/C31H34FN3O2/c1-20(2)37-28-13-25(16-33-17-28)30(36)34-21(3)22-5-7-23(8-6-22)29(24-9-11-27(32)12-10-24)26-14-31(15-26)18-35(4)19-31/h5-13,16-17,20-21H,14-15,18-19H2,1-4H3,(H,34,36)/t21-/m1/s1. The first-order valence-corrected chi connectivity index (χ1v) is 12.9. The lowest BCUT2D eigenvalue weighted by atomic mass is 9.59. The van der Waals surface area contributed by atoms with Crippen molar-refractivity contribution < 1.29 is 13.9 Å². The molecule has 0 bridgehead atoms. The normalized spacial score (nSPS) is 17.2. The number of hydrogen-bond acceptors (Lipinski definition) is 4. The van der Waals surface area contributed by atoms with Gasteiger partial charge in [-0.05, 0) is 81.1 Å². The molecule has 5 rings (SSSR count). The van der Waals surface area contributed by atoms with Crippen molar-refractivity contribution in [3.63, 3.8) is 0 Å². The minimum Gasteiger partial charge on any atom is -0.489 e. The summed E-state index contributed by atoms with van der Waals surface area (Å²) in [5.74, 6) is 0.153. The van der Waals surface area contributed by atoms with Crippen LogP contribution in [0.25, 0.3) is 5.57 Å². The summed E-state index contributed by atoms with van der Waals surface area (Å²) in [4.78, 5) is 19.4. The Balaban J connectivity index is 1.33. The number of likely N-dealkylation sites (tertiary alicyclic amines) is 1. The summed E-state index contributed by atoms with van der Waals surface area (Å²) < 4.78 is 19.3. The maximum absolute atomic E-state index is 13.7. The summed E-state index contributed by atoms with van der Waals surface area (Å²) >= 11 is 0. The van der Waals surface area contributed by atoms with E-state index in [9.17, 15) is 9.18 Å². The van der Waals surface area contributed by atoms with Crippen molar-refractivity contribution >= 4 is 11.5 Å². The highest BCUT2D eigenvalue weighted by Gasteiger charge is 2.49. The molecule has 0 unspecified atom stereocenters. The number of halogens is 1. The summed E-state index contributed by atoms with van der Waals surface area (Å²) in [6.07, 6.45) is 5.34. The van der Waals surface area contributed by atoms with Crippen molar-refractivity contribution in [2.45, 2.75) is 45.8 Å². The first-order valence-electron chi connectivity index (χ1n) is 12.9. The van der Waals surface area contributed by atoms with Crippen LogP contribution in [-0.4, -0.2) is 42.0 Å². The molecule has 2 heterocycles. The quantitative estimate of drug-likeness (QED) is 0.432. The molecule has 2 aliphatic rings. The van der Waals surface area contributed by atoms with Crippen LogP contribution in [0, 0.1) is 11.2 Å². The third-order valence-electron chi connectivity index (χ3n) is 7.27. The molecule has 5 nitrogen and oxygen atoms in total. The first kappa shape index (κ1) is 25.2. The molecule has 2 aromatic carbocycles. The molecule has 1 atom stereocenters. The Labute approximate surface area is 218 Å². The van der Waals surface area contributed by atoms with Crippen molar-refractivity contribution in [2.24, 2.45) is 5.41 Å². The van der Waals surface area contributed by atoms with E-state index in [4.69, 9.17) is 4.74 Å². The molecule has 192 valence electrons. The lowest BCUT2D eigenvalue weighted by molar-refractivity contribution is -0.0106. The number of hydrogen-bond donors (Lipinski definition) is 1. The topological polar surface area (TPSA) is 54.5 Å². The van der Waals surface area contributed by atoms with E-state index in [0.717, 1.165) is 42.6 Å². The summed E-state index contributed by atoms with van der Waals surface area (Å²) in [6.45, 7) is 8.13.